The van der Waals surface area contributed by atoms with Gasteiger partial charge in [0.15, 0.2) is 23.0 Å². The fourth-order valence-corrected chi connectivity index (χ4v) is 5.55. The van der Waals surface area contributed by atoms with Crippen LogP contribution < -0.4 is 0 Å². The highest BCUT2D eigenvalue weighted by molar-refractivity contribution is 5.74. The van der Waals surface area contributed by atoms with E-state index in [9.17, 15) is 25.5 Å². The Kier molecular flexibility index (Phi) is 6.90. The number of phenols is 5. The second kappa shape index (κ2) is 10.3. The molecule has 0 fully saturated rings. The van der Waals surface area contributed by atoms with Crippen molar-refractivity contribution in [2.75, 3.05) is 0 Å². The molecule has 0 saturated carbocycles. The molecular formula is C35H32O5. The quantitative estimate of drug-likeness (QED) is 0.117. The van der Waals surface area contributed by atoms with Crippen LogP contribution in [-0.2, 0) is 0 Å². The molecule has 0 atom stereocenters. The van der Waals surface area contributed by atoms with Crippen molar-refractivity contribution >= 4 is 0 Å². The molecule has 5 N–H and O–H groups in total. The Morgan fingerprint density at radius 3 is 1.35 bits per heavy atom. The molecule has 5 nitrogen and oxygen atoms in total. The van der Waals surface area contributed by atoms with Crippen LogP contribution in [-0.4, -0.2) is 25.5 Å². The Morgan fingerprint density at radius 2 is 0.925 bits per heavy atom. The summed E-state index contributed by atoms with van der Waals surface area (Å²) in [6.07, 6.45) is 0. The summed E-state index contributed by atoms with van der Waals surface area (Å²) in [6, 6.07) is 25.3. The van der Waals surface area contributed by atoms with Gasteiger partial charge in [-0.1, -0.05) is 48.5 Å². The van der Waals surface area contributed by atoms with E-state index in [1.807, 2.05) is 24.3 Å². The molecule has 0 aliphatic carbocycles. The lowest BCUT2D eigenvalue weighted by atomic mass is 9.77. The van der Waals surface area contributed by atoms with Gasteiger partial charge in [-0.15, -0.1) is 0 Å². The molecule has 0 aliphatic rings. The van der Waals surface area contributed by atoms with Crippen molar-refractivity contribution in [1.82, 2.24) is 0 Å². The first-order valence-electron chi connectivity index (χ1n) is 13.1. The molecule has 5 rings (SSSR count). The fourth-order valence-electron chi connectivity index (χ4n) is 5.55. The van der Waals surface area contributed by atoms with Gasteiger partial charge in [0.05, 0.1) is 0 Å². The van der Waals surface area contributed by atoms with Crippen molar-refractivity contribution in [1.29, 1.82) is 0 Å². The first-order chi connectivity index (χ1) is 19.1. The van der Waals surface area contributed by atoms with E-state index in [2.05, 4.69) is 39.8 Å². The highest BCUT2D eigenvalue weighted by Gasteiger charge is 2.24. The van der Waals surface area contributed by atoms with Crippen molar-refractivity contribution in [3.63, 3.8) is 0 Å². The van der Waals surface area contributed by atoms with E-state index in [0.717, 1.165) is 61.2 Å². The highest BCUT2D eigenvalue weighted by Crippen LogP contribution is 2.42. The number of rotatable bonds is 5. The zero-order valence-corrected chi connectivity index (χ0v) is 22.9. The lowest BCUT2D eigenvalue weighted by Crippen LogP contribution is -2.09. The van der Waals surface area contributed by atoms with Crippen molar-refractivity contribution in [3.05, 3.63) is 124 Å². The van der Waals surface area contributed by atoms with Gasteiger partial charge in [-0.05, 0) is 125 Å². The maximum atomic E-state index is 10.4. The third-order valence-corrected chi connectivity index (χ3v) is 8.06. The molecule has 0 bridgehead atoms. The topological polar surface area (TPSA) is 101 Å². The first kappa shape index (κ1) is 26.7. The zero-order valence-electron chi connectivity index (χ0n) is 22.9. The Bertz CT molecular complexity index is 1650. The fraction of sp³-hybridized carbons (Fsp3) is 0.143. The molecule has 5 aromatic carbocycles. The molecule has 0 radical (unpaired) electrons. The summed E-state index contributed by atoms with van der Waals surface area (Å²) >= 11 is 0. The van der Waals surface area contributed by atoms with Crippen LogP contribution in [0.2, 0.25) is 0 Å². The molecule has 0 unspecified atom stereocenters. The Hall–Kier alpha value is -4.90. The molecule has 0 aromatic heterocycles. The summed E-state index contributed by atoms with van der Waals surface area (Å²) in [4.78, 5) is 0. The van der Waals surface area contributed by atoms with Crippen molar-refractivity contribution in [2.45, 2.75) is 33.6 Å². The molecule has 0 aliphatic heterocycles. The highest BCUT2D eigenvalue weighted by atomic mass is 16.3. The van der Waals surface area contributed by atoms with Crippen LogP contribution in [0.4, 0.5) is 0 Å². The minimum atomic E-state index is -0.172. The van der Waals surface area contributed by atoms with E-state index in [-0.39, 0.29) is 34.7 Å². The summed E-state index contributed by atoms with van der Waals surface area (Å²) in [5, 5.41) is 50.1. The predicted molar refractivity (Wildman–Crippen MR) is 158 cm³/mol. The molecule has 0 saturated heterocycles. The summed E-state index contributed by atoms with van der Waals surface area (Å²) < 4.78 is 0. The predicted octanol–water partition coefficient (Wildman–Crippen LogP) is 7.96. The van der Waals surface area contributed by atoms with E-state index < -0.39 is 0 Å². The van der Waals surface area contributed by atoms with Crippen LogP contribution in [0.1, 0.15) is 44.9 Å². The van der Waals surface area contributed by atoms with E-state index >= 15 is 0 Å². The smallest absolute Gasteiger partial charge is 0.158 e. The average molecular weight is 533 g/mol. The molecule has 5 heteroatoms. The van der Waals surface area contributed by atoms with E-state index in [1.54, 1.807) is 36.4 Å². The molecule has 0 amide bonds. The summed E-state index contributed by atoms with van der Waals surface area (Å²) in [6.45, 7) is 8.27. The molecule has 0 spiro atoms. The van der Waals surface area contributed by atoms with E-state index in [1.165, 1.54) is 12.1 Å². The standard InChI is InChI=1S/C35H32O5/c1-19-21(3)29(12-10-27(19)23-8-14-31(37)33(39)17-23)35(25-6-5-7-26(36)16-25)30-13-11-28(20(2)22(30)4)24-9-15-32(38)34(40)18-24/h5-18,35-40H,1-4H3. The number of hydrogen-bond acceptors (Lipinski definition) is 5. The van der Waals surface area contributed by atoms with Crippen molar-refractivity contribution < 1.29 is 25.5 Å². The lowest BCUT2D eigenvalue weighted by Gasteiger charge is -2.26. The van der Waals surface area contributed by atoms with E-state index in [4.69, 9.17) is 0 Å². The molecular weight excluding hydrogens is 500 g/mol. The third kappa shape index (κ3) is 4.71. The summed E-state index contributed by atoms with van der Waals surface area (Å²) in [7, 11) is 0. The van der Waals surface area contributed by atoms with Gasteiger partial charge in [0, 0.05) is 5.92 Å². The van der Waals surface area contributed by atoms with Gasteiger partial charge in [0.1, 0.15) is 5.75 Å². The van der Waals surface area contributed by atoms with Crippen molar-refractivity contribution in [3.8, 4) is 51.0 Å². The van der Waals surface area contributed by atoms with E-state index in [0.29, 0.717) is 0 Å². The number of benzene rings is 5. The van der Waals surface area contributed by atoms with Gasteiger partial charge in [-0.2, -0.15) is 0 Å². The largest absolute Gasteiger partial charge is 0.508 e. The summed E-state index contributed by atoms with van der Waals surface area (Å²) in [5.74, 6) is -0.618. The minimum absolute atomic E-state index is 0.157. The molecule has 202 valence electrons. The number of phenolic OH excluding ortho intramolecular Hbond substituents is 5. The SMILES string of the molecule is Cc1c(-c2ccc(O)c(O)c2)ccc(C(c2cccc(O)c2)c2ccc(-c3ccc(O)c(O)c3)c(C)c2C)c1C. The molecule has 0 heterocycles. The van der Waals surface area contributed by atoms with Crippen LogP contribution in [0.3, 0.4) is 0 Å². The monoisotopic (exact) mass is 532 g/mol. The lowest BCUT2D eigenvalue weighted by molar-refractivity contribution is 0.404. The van der Waals surface area contributed by atoms with Crippen LogP contribution in [0.5, 0.6) is 28.7 Å². The Labute approximate surface area is 233 Å². The normalized spacial score (nSPS) is 11.2. The molecule has 5 aromatic rings. The number of hydrogen-bond donors (Lipinski definition) is 5. The Balaban J connectivity index is 1.69. The summed E-state index contributed by atoms with van der Waals surface area (Å²) in [5.41, 5.74) is 11.0. The van der Waals surface area contributed by atoms with Gasteiger partial charge in [-0.25, -0.2) is 0 Å². The van der Waals surface area contributed by atoms with Crippen LogP contribution in [0.25, 0.3) is 22.3 Å². The van der Waals surface area contributed by atoms with Gasteiger partial charge in [0.2, 0.25) is 0 Å². The molecule has 40 heavy (non-hydrogen) atoms. The zero-order chi connectivity index (χ0) is 28.7. The minimum Gasteiger partial charge on any atom is -0.508 e. The number of aromatic hydroxyl groups is 5. The second-order valence-electron chi connectivity index (χ2n) is 10.3. The van der Waals surface area contributed by atoms with Crippen LogP contribution >= 0.6 is 0 Å². The third-order valence-electron chi connectivity index (χ3n) is 8.06. The van der Waals surface area contributed by atoms with Gasteiger partial charge < -0.3 is 25.5 Å². The average Bonchev–Trinajstić information content (AvgIpc) is 2.92. The van der Waals surface area contributed by atoms with Gasteiger partial charge in [0.25, 0.3) is 0 Å². The van der Waals surface area contributed by atoms with Gasteiger partial charge in [-0.3, -0.25) is 0 Å². The maximum absolute atomic E-state index is 10.4. The van der Waals surface area contributed by atoms with Gasteiger partial charge >= 0.3 is 0 Å². The maximum Gasteiger partial charge on any atom is 0.158 e. The van der Waals surface area contributed by atoms with Crippen LogP contribution in [0, 0.1) is 27.7 Å². The van der Waals surface area contributed by atoms with Crippen molar-refractivity contribution in [2.24, 2.45) is 0 Å². The first-order valence-corrected chi connectivity index (χ1v) is 13.1. The second-order valence-corrected chi connectivity index (χ2v) is 10.3. The Morgan fingerprint density at radius 1 is 0.450 bits per heavy atom. The van der Waals surface area contributed by atoms with Crippen LogP contribution in [0.15, 0.2) is 84.9 Å².